The predicted octanol–water partition coefficient (Wildman–Crippen LogP) is 1.70. The van der Waals surface area contributed by atoms with Gasteiger partial charge in [0, 0.05) is 0 Å². The van der Waals surface area contributed by atoms with Gasteiger partial charge in [0.2, 0.25) is 0 Å². The van der Waals surface area contributed by atoms with Crippen molar-refractivity contribution in [2.24, 2.45) is 0 Å². The third-order valence-corrected chi connectivity index (χ3v) is 0.954. The predicted molar refractivity (Wildman–Crippen MR) is 31.1 cm³/mol. The van der Waals surface area contributed by atoms with Gasteiger partial charge in [0.15, 0.2) is 0 Å². The Morgan fingerprint density at radius 3 is 2.67 bits per heavy atom. The molecule has 44 valence electrons. The van der Waals surface area contributed by atoms with Crippen LogP contribution in [0.5, 0.6) is 0 Å². The number of rotatable bonds is 0. The Morgan fingerprint density at radius 1 is 1.44 bits per heavy atom. The quantitative estimate of drug-likeness (QED) is 0.511. The van der Waals surface area contributed by atoms with Crippen LogP contribution in [0.3, 0.4) is 0 Å². The third-order valence-electron chi connectivity index (χ3n) is 0.954. The van der Waals surface area contributed by atoms with Gasteiger partial charge in [0.1, 0.15) is 5.82 Å². The minimum Gasteiger partial charge on any atom is -0.207 e. The molecule has 2 heteroatoms. The first-order valence-corrected chi connectivity index (χ1v) is 2.48. The van der Waals surface area contributed by atoms with Crippen LogP contribution in [0.25, 0.3) is 0 Å². The van der Waals surface area contributed by atoms with E-state index in [1.165, 1.54) is 18.2 Å². The Kier molecular flexibility index (Phi) is 1.46. The minimum atomic E-state index is -0.367. The first kappa shape index (κ1) is 5.77. The van der Waals surface area contributed by atoms with Crippen LogP contribution in [-0.4, -0.2) is 0 Å². The second-order valence-electron chi connectivity index (χ2n) is 1.62. The number of hydrogen-bond acceptors (Lipinski definition) is 1. The van der Waals surface area contributed by atoms with Crippen LogP contribution in [0.4, 0.5) is 4.39 Å². The van der Waals surface area contributed by atoms with Crippen molar-refractivity contribution in [1.29, 1.82) is 5.26 Å². The van der Waals surface area contributed by atoms with Crippen LogP contribution in [0, 0.1) is 17.1 Å². The summed E-state index contributed by atoms with van der Waals surface area (Å²) in [4.78, 5) is 0. The Hall–Kier alpha value is -1.36. The maximum Gasteiger partial charge on any atom is 0.124 e. The molecular formula is C7H4FN. The highest BCUT2D eigenvalue weighted by Crippen LogP contribution is 2.00. The summed E-state index contributed by atoms with van der Waals surface area (Å²) in [5.41, 5.74) is 0.356. The van der Waals surface area contributed by atoms with E-state index in [1.807, 2.05) is 6.07 Å². The highest BCUT2D eigenvalue weighted by molar-refractivity contribution is 5.28. The van der Waals surface area contributed by atoms with Gasteiger partial charge in [-0.3, -0.25) is 0 Å². The van der Waals surface area contributed by atoms with Gasteiger partial charge in [-0.25, -0.2) is 4.39 Å². The van der Waals surface area contributed by atoms with Crippen LogP contribution in [0.2, 0.25) is 0 Å². The Morgan fingerprint density at radius 2 is 2.22 bits per heavy atom. The van der Waals surface area contributed by atoms with Gasteiger partial charge in [-0.1, -0.05) is 6.07 Å². The van der Waals surface area contributed by atoms with Gasteiger partial charge in [0.05, 0.1) is 11.6 Å². The van der Waals surface area contributed by atoms with E-state index in [-0.39, 0.29) is 5.82 Å². The molecule has 0 bridgehead atoms. The molecule has 0 saturated carbocycles. The van der Waals surface area contributed by atoms with E-state index in [2.05, 4.69) is 0 Å². The SMILES string of the molecule is N#Cc1cccc([18F])c1. The molecule has 0 saturated heterocycles. The highest BCUT2D eigenvalue weighted by Gasteiger charge is 1.89. The average Bonchev–Trinajstić information content (AvgIpc) is 1.88. The molecule has 1 rings (SSSR count). The van der Waals surface area contributed by atoms with Crippen molar-refractivity contribution >= 4 is 0 Å². The lowest BCUT2D eigenvalue weighted by atomic mass is 10.2. The van der Waals surface area contributed by atoms with Gasteiger partial charge in [0.25, 0.3) is 0 Å². The Labute approximate surface area is 52.4 Å². The first-order chi connectivity index (χ1) is 4.33. The summed E-state index contributed by atoms with van der Waals surface area (Å²) in [6.45, 7) is 0. The second kappa shape index (κ2) is 2.27. The minimum absolute atomic E-state index is 0.356. The molecule has 0 aliphatic heterocycles. The lowest BCUT2D eigenvalue weighted by molar-refractivity contribution is 0.627. The normalized spacial score (nSPS) is 8.44. The Bertz CT molecular complexity index is 249. The van der Waals surface area contributed by atoms with Crippen LogP contribution >= 0.6 is 0 Å². The first-order valence-electron chi connectivity index (χ1n) is 2.48. The number of benzene rings is 1. The number of halogens is 1. The molecule has 0 N–H and O–H groups in total. The lowest BCUT2D eigenvalue weighted by Crippen LogP contribution is -1.74. The maximum absolute atomic E-state index is 12.2. The van der Waals surface area contributed by atoms with E-state index < -0.39 is 0 Å². The van der Waals surface area contributed by atoms with E-state index >= 15 is 0 Å². The summed E-state index contributed by atoms with van der Waals surface area (Å²) in [7, 11) is 0. The fourth-order valence-corrected chi connectivity index (χ4v) is 0.558. The van der Waals surface area contributed by atoms with E-state index in [0.29, 0.717) is 5.56 Å². The fraction of sp³-hybridized carbons (Fsp3) is 0. The van der Waals surface area contributed by atoms with Crippen molar-refractivity contribution in [3.05, 3.63) is 35.6 Å². The van der Waals surface area contributed by atoms with Crippen LogP contribution < -0.4 is 0 Å². The lowest BCUT2D eigenvalue weighted by Gasteiger charge is -1.85. The maximum atomic E-state index is 12.2. The zero-order valence-electron chi connectivity index (χ0n) is 4.63. The molecule has 0 heterocycles. The summed E-state index contributed by atoms with van der Waals surface area (Å²) in [6.07, 6.45) is 0. The smallest absolute Gasteiger partial charge is 0.124 e. The summed E-state index contributed by atoms with van der Waals surface area (Å²) in [5.74, 6) is -0.367. The average molecular weight is 120 g/mol. The van der Waals surface area contributed by atoms with E-state index in [0.717, 1.165) is 0 Å². The number of hydrogen-bond donors (Lipinski definition) is 0. The standard InChI is InChI=1S/C7H4FN/c8-7-3-1-2-6(4-7)5-9/h1-4H/i8-1. The molecule has 0 amide bonds. The molecule has 1 aromatic carbocycles. The molecule has 0 atom stereocenters. The van der Waals surface area contributed by atoms with E-state index in [9.17, 15) is 4.39 Å². The van der Waals surface area contributed by atoms with Crippen LogP contribution in [0.15, 0.2) is 24.3 Å². The van der Waals surface area contributed by atoms with Gasteiger partial charge in [-0.15, -0.1) is 0 Å². The van der Waals surface area contributed by atoms with Gasteiger partial charge < -0.3 is 0 Å². The molecule has 0 aliphatic carbocycles. The zero-order chi connectivity index (χ0) is 6.69. The number of nitriles is 1. The fourth-order valence-electron chi connectivity index (χ4n) is 0.558. The monoisotopic (exact) mass is 120 g/mol. The van der Waals surface area contributed by atoms with E-state index in [1.54, 1.807) is 6.07 Å². The molecule has 0 aromatic heterocycles. The highest BCUT2D eigenvalue weighted by atomic mass is 18.2. The molecule has 0 unspecified atom stereocenters. The molecule has 0 aliphatic rings. The van der Waals surface area contributed by atoms with Crippen molar-refractivity contribution in [2.45, 2.75) is 0 Å². The second-order valence-corrected chi connectivity index (χ2v) is 1.62. The molecule has 1 nitrogen and oxygen atoms in total. The zero-order valence-corrected chi connectivity index (χ0v) is 4.63. The van der Waals surface area contributed by atoms with Crippen molar-refractivity contribution in [2.75, 3.05) is 0 Å². The summed E-state index contributed by atoms with van der Waals surface area (Å²) in [6, 6.07) is 7.40. The summed E-state index contributed by atoms with van der Waals surface area (Å²) in [5, 5.41) is 8.25. The van der Waals surface area contributed by atoms with Gasteiger partial charge >= 0.3 is 0 Å². The van der Waals surface area contributed by atoms with Gasteiger partial charge in [-0.05, 0) is 18.2 Å². The third kappa shape index (κ3) is 1.26. The molecule has 1 aromatic rings. The van der Waals surface area contributed by atoms with Crippen LogP contribution in [-0.2, 0) is 0 Å². The summed E-state index contributed by atoms with van der Waals surface area (Å²) < 4.78 is 12.2. The van der Waals surface area contributed by atoms with Crippen molar-refractivity contribution in [3.63, 3.8) is 0 Å². The van der Waals surface area contributed by atoms with Gasteiger partial charge in [-0.2, -0.15) is 5.26 Å². The van der Waals surface area contributed by atoms with Crippen LogP contribution in [0.1, 0.15) is 5.56 Å². The van der Waals surface area contributed by atoms with Crippen molar-refractivity contribution < 1.29 is 4.39 Å². The molecule has 0 radical (unpaired) electrons. The Balaban J connectivity index is 3.12. The number of nitrogens with zero attached hydrogens (tertiary/aromatic N) is 1. The molecular weight excluding hydrogens is 116 g/mol. The largest absolute Gasteiger partial charge is 0.207 e. The molecule has 9 heavy (non-hydrogen) atoms. The van der Waals surface area contributed by atoms with Crippen molar-refractivity contribution in [3.8, 4) is 6.07 Å². The van der Waals surface area contributed by atoms with Crippen molar-refractivity contribution in [1.82, 2.24) is 0 Å². The summed E-state index contributed by atoms with van der Waals surface area (Å²) >= 11 is 0. The van der Waals surface area contributed by atoms with E-state index in [4.69, 9.17) is 5.26 Å². The molecule has 0 spiro atoms. The topological polar surface area (TPSA) is 23.8 Å². The molecule has 0 fully saturated rings.